The number of aromatic nitrogens is 2. The number of esters is 1. The number of anilines is 2. The van der Waals surface area contributed by atoms with E-state index in [-0.39, 0.29) is 5.75 Å². The maximum absolute atomic E-state index is 13.4. The number of hydrogen-bond acceptors (Lipinski definition) is 6. The molecule has 0 aliphatic rings. The number of benzene rings is 2. The summed E-state index contributed by atoms with van der Waals surface area (Å²) in [6.45, 7) is 1.27. The van der Waals surface area contributed by atoms with Gasteiger partial charge < -0.3 is 14.8 Å². The second-order valence-electron chi connectivity index (χ2n) is 5.09. The van der Waals surface area contributed by atoms with Gasteiger partial charge in [0.2, 0.25) is 0 Å². The molecule has 0 spiro atoms. The number of carbonyl (C=O) groups is 1. The largest absolute Gasteiger partial charge is 0.493 e. The SMILES string of the molecule is COc1cc2ncnc(Nc3ccc(F)c(F)c3)c2cc1OC(C)=O. The zero-order valence-electron chi connectivity index (χ0n) is 13.3. The highest BCUT2D eigenvalue weighted by molar-refractivity contribution is 5.93. The van der Waals surface area contributed by atoms with Crippen molar-refractivity contribution in [3.8, 4) is 11.5 Å². The van der Waals surface area contributed by atoms with E-state index in [4.69, 9.17) is 9.47 Å². The Balaban J connectivity index is 2.08. The number of fused-ring (bicyclic) bond motifs is 1. The van der Waals surface area contributed by atoms with E-state index in [0.29, 0.717) is 28.2 Å². The molecule has 0 aliphatic heterocycles. The Morgan fingerprint density at radius 3 is 2.56 bits per heavy atom. The summed E-state index contributed by atoms with van der Waals surface area (Å²) in [6.07, 6.45) is 1.31. The van der Waals surface area contributed by atoms with Crippen LogP contribution in [0.1, 0.15) is 6.92 Å². The van der Waals surface area contributed by atoms with E-state index in [1.54, 1.807) is 6.07 Å². The molecule has 1 aromatic heterocycles. The molecule has 0 saturated heterocycles. The predicted octanol–water partition coefficient (Wildman–Crippen LogP) is 3.59. The van der Waals surface area contributed by atoms with E-state index >= 15 is 0 Å². The number of rotatable bonds is 4. The molecule has 2 aromatic carbocycles. The maximum atomic E-state index is 13.4. The Morgan fingerprint density at radius 2 is 1.88 bits per heavy atom. The predicted molar refractivity (Wildman–Crippen MR) is 87.0 cm³/mol. The number of carbonyl (C=O) groups excluding carboxylic acids is 1. The highest BCUT2D eigenvalue weighted by atomic mass is 19.2. The van der Waals surface area contributed by atoms with Crippen LogP contribution in [0.4, 0.5) is 20.3 Å². The van der Waals surface area contributed by atoms with Crippen LogP contribution in [0.25, 0.3) is 10.9 Å². The summed E-state index contributed by atoms with van der Waals surface area (Å²) in [5.41, 5.74) is 0.830. The van der Waals surface area contributed by atoms with Crippen LogP contribution in [0.3, 0.4) is 0 Å². The highest BCUT2D eigenvalue weighted by Gasteiger charge is 2.13. The molecule has 8 heteroatoms. The minimum Gasteiger partial charge on any atom is -0.493 e. The fourth-order valence-electron chi connectivity index (χ4n) is 2.27. The van der Waals surface area contributed by atoms with Crippen molar-refractivity contribution in [1.82, 2.24) is 9.97 Å². The quantitative estimate of drug-likeness (QED) is 0.575. The lowest BCUT2D eigenvalue weighted by atomic mass is 10.2. The van der Waals surface area contributed by atoms with Crippen molar-refractivity contribution in [3.63, 3.8) is 0 Å². The van der Waals surface area contributed by atoms with E-state index in [1.165, 1.54) is 32.5 Å². The molecule has 0 aliphatic carbocycles. The number of methoxy groups -OCH3 is 1. The molecule has 3 aromatic rings. The summed E-state index contributed by atoms with van der Waals surface area (Å²) in [5, 5.41) is 3.41. The molecule has 0 radical (unpaired) electrons. The molecule has 0 atom stereocenters. The number of nitrogens with one attached hydrogen (secondary N) is 1. The molecular formula is C17H13F2N3O3. The number of ether oxygens (including phenoxy) is 2. The van der Waals surface area contributed by atoms with Crippen LogP contribution >= 0.6 is 0 Å². The standard InChI is InChI=1S/C17H13F2N3O3/c1-9(23)25-16-6-11-14(7-15(16)24-2)20-8-21-17(11)22-10-3-4-12(18)13(19)5-10/h3-8H,1-2H3,(H,20,21,22). The first-order valence-corrected chi connectivity index (χ1v) is 7.21. The van der Waals surface area contributed by atoms with Crippen molar-refractivity contribution in [2.24, 2.45) is 0 Å². The van der Waals surface area contributed by atoms with Gasteiger partial charge in [0.1, 0.15) is 12.1 Å². The van der Waals surface area contributed by atoms with Gasteiger partial charge in [-0.1, -0.05) is 0 Å². The highest BCUT2D eigenvalue weighted by Crippen LogP contribution is 2.34. The Morgan fingerprint density at radius 1 is 1.08 bits per heavy atom. The number of hydrogen-bond donors (Lipinski definition) is 1. The third kappa shape index (κ3) is 3.47. The Kier molecular flexibility index (Phi) is 4.42. The average Bonchev–Trinajstić information content (AvgIpc) is 2.57. The van der Waals surface area contributed by atoms with Gasteiger partial charge in [-0.3, -0.25) is 4.79 Å². The molecule has 0 bridgehead atoms. The summed E-state index contributed by atoms with van der Waals surface area (Å²) in [4.78, 5) is 19.5. The lowest BCUT2D eigenvalue weighted by Gasteiger charge is -2.12. The summed E-state index contributed by atoms with van der Waals surface area (Å²) in [7, 11) is 1.44. The maximum Gasteiger partial charge on any atom is 0.308 e. The van der Waals surface area contributed by atoms with E-state index in [1.807, 2.05) is 0 Å². The van der Waals surface area contributed by atoms with E-state index < -0.39 is 17.6 Å². The fourth-order valence-corrected chi connectivity index (χ4v) is 2.27. The van der Waals surface area contributed by atoms with Crippen LogP contribution in [0.2, 0.25) is 0 Å². The van der Waals surface area contributed by atoms with Gasteiger partial charge in [0, 0.05) is 30.1 Å². The third-order valence-electron chi connectivity index (χ3n) is 3.36. The summed E-state index contributed by atoms with van der Waals surface area (Å²) in [6, 6.07) is 6.53. The van der Waals surface area contributed by atoms with Crippen molar-refractivity contribution in [3.05, 3.63) is 48.3 Å². The normalized spacial score (nSPS) is 10.6. The monoisotopic (exact) mass is 345 g/mol. The molecule has 0 fully saturated rings. The van der Waals surface area contributed by atoms with Crippen molar-refractivity contribution >= 4 is 28.4 Å². The molecule has 1 N–H and O–H groups in total. The second kappa shape index (κ2) is 6.68. The lowest BCUT2D eigenvalue weighted by Crippen LogP contribution is -2.04. The Labute approximate surface area is 141 Å². The first-order valence-electron chi connectivity index (χ1n) is 7.21. The summed E-state index contributed by atoms with van der Waals surface area (Å²) >= 11 is 0. The summed E-state index contributed by atoms with van der Waals surface area (Å²) < 4.78 is 36.8. The van der Waals surface area contributed by atoms with Crippen LogP contribution in [0.15, 0.2) is 36.7 Å². The van der Waals surface area contributed by atoms with Gasteiger partial charge in [0.25, 0.3) is 0 Å². The van der Waals surface area contributed by atoms with Gasteiger partial charge in [-0.15, -0.1) is 0 Å². The molecule has 0 saturated carbocycles. The van der Waals surface area contributed by atoms with Crippen LogP contribution in [-0.2, 0) is 4.79 Å². The van der Waals surface area contributed by atoms with Gasteiger partial charge >= 0.3 is 5.97 Å². The number of nitrogens with zero attached hydrogens (tertiary/aromatic N) is 2. The number of halogens is 2. The average molecular weight is 345 g/mol. The van der Waals surface area contributed by atoms with Gasteiger partial charge in [-0.25, -0.2) is 18.7 Å². The minimum absolute atomic E-state index is 0.200. The third-order valence-corrected chi connectivity index (χ3v) is 3.36. The second-order valence-corrected chi connectivity index (χ2v) is 5.09. The van der Waals surface area contributed by atoms with Gasteiger partial charge in [0.05, 0.1) is 12.6 Å². The van der Waals surface area contributed by atoms with E-state index in [9.17, 15) is 13.6 Å². The smallest absolute Gasteiger partial charge is 0.308 e. The molecule has 0 unspecified atom stereocenters. The molecule has 128 valence electrons. The van der Waals surface area contributed by atoms with Crippen molar-refractivity contribution in [1.29, 1.82) is 0 Å². The topological polar surface area (TPSA) is 73.3 Å². The Bertz CT molecular complexity index is 963. The van der Waals surface area contributed by atoms with Gasteiger partial charge in [-0.05, 0) is 18.2 Å². The van der Waals surface area contributed by atoms with E-state index in [2.05, 4.69) is 15.3 Å². The molecular weight excluding hydrogens is 332 g/mol. The van der Waals surface area contributed by atoms with Crippen LogP contribution in [0, 0.1) is 11.6 Å². The van der Waals surface area contributed by atoms with Crippen molar-refractivity contribution in [2.45, 2.75) is 6.92 Å². The minimum atomic E-state index is -0.981. The van der Waals surface area contributed by atoms with Crippen molar-refractivity contribution in [2.75, 3.05) is 12.4 Å². The first-order chi connectivity index (χ1) is 12.0. The lowest BCUT2D eigenvalue weighted by molar-refractivity contribution is -0.132. The molecule has 1 heterocycles. The van der Waals surface area contributed by atoms with Crippen LogP contribution < -0.4 is 14.8 Å². The molecule has 0 amide bonds. The Hall–Kier alpha value is -3.29. The van der Waals surface area contributed by atoms with Gasteiger partial charge in [0.15, 0.2) is 23.1 Å². The van der Waals surface area contributed by atoms with Crippen LogP contribution in [0.5, 0.6) is 11.5 Å². The molecule has 6 nitrogen and oxygen atoms in total. The van der Waals surface area contributed by atoms with E-state index in [0.717, 1.165) is 12.1 Å². The summed E-state index contributed by atoms with van der Waals surface area (Å²) in [5.74, 6) is -1.56. The zero-order valence-corrected chi connectivity index (χ0v) is 13.3. The van der Waals surface area contributed by atoms with Crippen LogP contribution in [-0.4, -0.2) is 23.0 Å². The zero-order chi connectivity index (χ0) is 18.0. The molecule has 25 heavy (non-hydrogen) atoms. The van der Waals surface area contributed by atoms with Crippen molar-refractivity contribution < 1.29 is 23.0 Å². The van der Waals surface area contributed by atoms with Gasteiger partial charge in [-0.2, -0.15) is 0 Å². The molecule has 3 rings (SSSR count). The first kappa shape index (κ1) is 16.6. The fraction of sp³-hybridized carbons (Fsp3) is 0.118.